The molecule has 20 heavy (non-hydrogen) atoms. The molecule has 7 nitrogen and oxygen atoms in total. The molecule has 1 aromatic rings. The minimum absolute atomic E-state index is 0.0860. The van der Waals surface area contributed by atoms with E-state index in [-0.39, 0.29) is 10.7 Å². The summed E-state index contributed by atoms with van der Waals surface area (Å²) < 4.78 is 32.3. The predicted molar refractivity (Wildman–Crippen MR) is 75.5 cm³/mol. The number of pyridine rings is 1. The molecule has 8 heteroatoms. The molecule has 2 rings (SSSR count). The summed E-state index contributed by atoms with van der Waals surface area (Å²) in [6.45, 7) is 2.71. The SMILES string of the molecule is COC1(C)CCCN(S(=O)(=O)c2cccnc2NN)C1. The van der Waals surface area contributed by atoms with E-state index in [9.17, 15) is 8.42 Å². The fraction of sp³-hybridized carbons (Fsp3) is 0.583. The summed E-state index contributed by atoms with van der Waals surface area (Å²) in [5, 5.41) is 0. The van der Waals surface area contributed by atoms with Crippen molar-refractivity contribution in [2.75, 3.05) is 25.6 Å². The van der Waals surface area contributed by atoms with Crippen LogP contribution in [-0.4, -0.2) is 43.5 Å². The Labute approximate surface area is 119 Å². The topological polar surface area (TPSA) is 97.5 Å². The summed E-state index contributed by atoms with van der Waals surface area (Å²) >= 11 is 0. The number of methoxy groups -OCH3 is 1. The van der Waals surface area contributed by atoms with Crippen molar-refractivity contribution in [2.45, 2.75) is 30.3 Å². The number of anilines is 1. The molecule has 1 fully saturated rings. The molecule has 0 amide bonds. The standard InChI is InChI=1S/C12H20N4O3S/c1-12(19-2)6-4-8-16(9-12)20(17,18)10-5-3-7-14-11(10)15-13/h3,5,7H,4,6,8-9,13H2,1-2H3,(H,14,15). The summed E-state index contributed by atoms with van der Waals surface area (Å²) in [6, 6.07) is 3.07. The van der Waals surface area contributed by atoms with Gasteiger partial charge in [-0.2, -0.15) is 4.31 Å². The van der Waals surface area contributed by atoms with Crippen molar-refractivity contribution < 1.29 is 13.2 Å². The zero-order chi connectivity index (χ0) is 14.8. The van der Waals surface area contributed by atoms with Gasteiger partial charge in [0.1, 0.15) is 4.90 Å². The maximum atomic E-state index is 12.7. The number of hydrazine groups is 1. The van der Waals surface area contributed by atoms with Gasteiger partial charge in [0.2, 0.25) is 10.0 Å². The van der Waals surface area contributed by atoms with Crippen LogP contribution in [0.4, 0.5) is 5.82 Å². The number of ether oxygens (including phenoxy) is 1. The first-order chi connectivity index (χ1) is 9.43. The Balaban J connectivity index is 2.35. The lowest BCUT2D eigenvalue weighted by atomic mass is 9.96. The van der Waals surface area contributed by atoms with Gasteiger partial charge in [-0.1, -0.05) is 0 Å². The Hall–Kier alpha value is -1.22. The Kier molecular flexibility index (Phi) is 4.28. The molecule has 0 radical (unpaired) electrons. The van der Waals surface area contributed by atoms with Gasteiger partial charge in [-0.25, -0.2) is 19.2 Å². The molecular weight excluding hydrogens is 280 g/mol. The van der Waals surface area contributed by atoms with Crippen LogP contribution >= 0.6 is 0 Å². The van der Waals surface area contributed by atoms with E-state index in [0.29, 0.717) is 13.1 Å². The molecule has 0 saturated carbocycles. The number of hydrogen-bond donors (Lipinski definition) is 2. The van der Waals surface area contributed by atoms with E-state index < -0.39 is 15.6 Å². The molecule has 0 bridgehead atoms. The van der Waals surface area contributed by atoms with E-state index in [0.717, 1.165) is 12.8 Å². The number of sulfonamides is 1. The number of piperidine rings is 1. The lowest BCUT2D eigenvalue weighted by Crippen LogP contribution is -2.49. The van der Waals surface area contributed by atoms with Crippen LogP contribution in [0.5, 0.6) is 0 Å². The minimum Gasteiger partial charge on any atom is -0.377 e. The van der Waals surface area contributed by atoms with Crippen LogP contribution in [0.25, 0.3) is 0 Å². The van der Waals surface area contributed by atoms with Crippen molar-refractivity contribution in [1.82, 2.24) is 9.29 Å². The van der Waals surface area contributed by atoms with E-state index in [2.05, 4.69) is 10.4 Å². The number of nitrogens with one attached hydrogen (secondary N) is 1. The Morgan fingerprint density at radius 3 is 2.95 bits per heavy atom. The summed E-state index contributed by atoms with van der Waals surface area (Å²) in [7, 11) is -2.03. The molecule has 1 aliphatic rings. The molecule has 1 saturated heterocycles. The molecule has 0 aromatic carbocycles. The zero-order valence-electron chi connectivity index (χ0n) is 11.7. The van der Waals surface area contributed by atoms with Gasteiger partial charge >= 0.3 is 0 Å². The molecule has 1 unspecified atom stereocenters. The molecule has 1 aromatic heterocycles. The van der Waals surface area contributed by atoms with Crippen LogP contribution in [0.15, 0.2) is 23.2 Å². The third-order valence-electron chi connectivity index (χ3n) is 3.64. The highest BCUT2D eigenvalue weighted by Gasteiger charge is 2.38. The van der Waals surface area contributed by atoms with E-state index in [4.69, 9.17) is 10.6 Å². The van der Waals surface area contributed by atoms with Crippen LogP contribution in [-0.2, 0) is 14.8 Å². The van der Waals surface area contributed by atoms with Gasteiger partial charge in [-0.05, 0) is 31.9 Å². The van der Waals surface area contributed by atoms with Crippen molar-refractivity contribution in [3.05, 3.63) is 18.3 Å². The van der Waals surface area contributed by atoms with Gasteiger partial charge in [0.25, 0.3) is 0 Å². The van der Waals surface area contributed by atoms with E-state index >= 15 is 0 Å². The molecular formula is C12H20N4O3S. The monoisotopic (exact) mass is 300 g/mol. The van der Waals surface area contributed by atoms with Gasteiger partial charge in [0, 0.05) is 26.4 Å². The van der Waals surface area contributed by atoms with Crippen LogP contribution in [0.3, 0.4) is 0 Å². The second kappa shape index (κ2) is 5.65. The van der Waals surface area contributed by atoms with E-state index in [1.807, 2.05) is 6.92 Å². The van der Waals surface area contributed by atoms with Crippen LogP contribution in [0, 0.1) is 0 Å². The highest BCUT2D eigenvalue weighted by Crippen LogP contribution is 2.30. The summed E-state index contributed by atoms with van der Waals surface area (Å²) in [6.07, 6.45) is 3.09. The number of rotatable bonds is 4. The third kappa shape index (κ3) is 2.78. The van der Waals surface area contributed by atoms with Crippen molar-refractivity contribution in [3.8, 4) is 0 Å². The van der Waals surface area contributed by atoms with Crippen molar-refractivity contribution >= 4 is 15.8 Å². The fourth-order valence-corrected chi connectivity index (χ4v) is 4.08. The maximum absolute atomic E-state index is 12.7. The van der Waals surface area contributed by atoms with Gasteiger partial charge in [0.15, 0.2) is 5.82 Å². The van der Waals surface area contributed by atoms with Crippen molar-refractivity contribution in [2.24, 2.45) is 5.84 Å². The predicted octanol–water partition coefficient (Wildman–Crippen LogP) is 0.557. The largest absolute Gasteiger partial charge is 0.377 e. The first-order valence-electron chi connectivity index (χ1n) is 6.40. The lowest BCUT2D eigenvalue weighted by molar-refractivity contribution is -0.0319. The summed E-state index contributed by atoms with van der Waals surface area (Å²) in [5.41, 5.74) is 1.87. The van der Waals surface area contributed by atoms with Crippen molar-refractivity contribution in [1.29, 1.82) is 0 Å². The number of nitrogens with zero attached hydrogens (tertiary/aromatic N) is 2. The minimum atomic E-state index is -3.64. The van der Waals surface area contributed by atoms with Gasteiger partial charge < -0.3 is 10.2 Å². The van der Waals surface area contributed by atoms with Crippen LogP contribution in [0.1, 0.15) is 19.8 Å². The first-order valence-corrected chi connectivity index (χ1v) is 7.84. The van der Waals surface area contributed by atoms with Gasteiger partial charge in [-0.15, -0.1) is 0 Å². The molecule has 1 atom stereocenters. The first kappa shape index (κ1) is 15.2. The average Bonchev–Trinajstić information content (AvgIpc) is 2.47. The molecule has 3 N–H and O–H groups in total. The molecule has 1 aliphatic heterocycles. The highest BCUT2D eigenvalue weighted by molar-refractivity contribution is 7.89. The maximum Gasteiger partial charge on any atom is 0.246 e. The van der Waals surface area contributed by atoms with E-state index in [1.165, 1.54) is 16.6 Å². The number of nitrogen functional groups attached to an aromatic ring is 1. The summed E-state index contributed by atoms with van der Waals surface area (Å²) in [4.78, 5) is 4.03. The Morgan fingerprint density at radius 1 is 1.55 bits per heavy atom. The average molecular weight is 300 g/mol. The smallest absolute Gasteiger partial charge is 0.246 e. The number of aromatic nitrogens is 1. The summed E-state index contributed by atoms with van der Waals surface area (Å²) in [5.74, 6) is 5.49. The molecule has 0 spiro atoms. The van der Waals surface area contributed by atoms with Gasteiger partial charge in [-0.3, -0.25) is 0 Å². The molecule has 2 heterocycles. The van der Waals surface area contributed by atoms with E-state index in [1.54, 1.807) is 13.2 Å². The van der Waals surface area contributed by atoms with Crippen molar-refractivity contribution in [3.63, 3.8) is 0 Å². The number of hydrogen-bond acceptors (Lipinski definition) is 6. The van der Waals surface area contributed by atoms with Crippen LogP contribution in [0.2, 0.25) is 0 Å². The van der Waals surface area contributed by atoms with Crippen LogP contribution < -0.4 is 11.3 Å². The number of nitrogens with two attached hydrogens (primary N) is 1. The lowest BCUT2D eigenvalue weighted by Gasteiger charge is -2.38. The third-order valence-corrected chi connectivity index (χ3v) is 5.52. The highest BCUT2D eigenvalue weighted by atomic mass is 32.2. The normalized spacial score (nSPS) is 24.6. The second-order valence-electron chi connectivity index (χ2n) is 5.09. The Morgan fingerprint density at radius 2 is 2.30 bits per heavy atom. The fourth-order valence-electron chi connectivity index (χ4n) is 2.38. The van der Waals surface area contributed by atoms with Gasteiger partial charge in [0.05, 0.1) is 5.60 Å². The molecule has 112 valence electrons. The second-order valence-corrected chi connectivity index (χ2v) is 7.00. The zero-order valence-corrected chi connectivity index (χ0v) is 12.5. The Bertz CT molecular complexity index is 578. The quantitative estimate of drug-likeness (QED) is 0.623. The molecule has 0 aliphatic carbocycles.